The van der Waals surface area contributed by atoms with E-state index < -0.39 is 0 Å². The summed E-state index contributed by atoms with van der Waals surface area (Å²) in [5.74, 6) is 1.16. The zero-order chi connectivity index (χ0) is 27.5. The van der Waals surface area contributed by atoms with Crippen molar-refractivity contribution in [3.05, 3.63) is 77.4 Å². The fourth-order valence-electron chi connectivity index (χ4n) is 5.41. The maximum absolute atomic E-state index is 13.7. The summed E-state index contributed by atoms with van der Waals surface area (Å²) in [6.45, 7) is 6.76. The molecule has 0 aliphatic carbocycles. The highest BCUT2D eigenvalue weighted by molar-refractivity contribution is 6.02. The molecule has 1 fully saturated rings. The second-order valence-electron chi connectivity index (χ2n) is 10.6. The van der Waals surface area contributed by atoms with E-state index in [2.05, 4.69) is 35.2 Å². The molecular weight excluding hydrogens is 490 g/mol. The van der Waals surface area contributed by atoms with Crippen molar-refractivity contribution in [3.63, 3.8) is 0 Å². The molecule has 3 aromatic rings. The molecule has 0 radical (unpaired) electrons. The highest BCUT2D eigenvalue weighted by atomic mass is 16.5. The molecule has 3 aromatic carbocycles. The van der Waals surface area contributed by atoms with E-state index in [9.17, 15) is 9.59 Å². The zero-order valence-corrected chi connectivity index (χ0v) is 23.3. The third kappa shape index (κ3) is 5.78. The van der Waals surface area contributed by atoms with Crippen molar-refractivity contribution >= 4 is 17.5 Å². The van der Waals surface area contributed by atoms with Crippen molar-refractivity contribution in [1.29, 1.82) is 0 Å². The number of fused-ring (bicyclic) bond motifs is 1. The molecule has 1 unspecified atom stereocenters. The summed E-state index contributed by atoms with van der Waals surface area (Å²) in [5.41, 5.74) is 6.05. The lowest BCUT2D eigenvalue weighted by Gasteiger charge is -2.35. The smallest absolute Gasteiger partial charge is 0.265 e. The Morgan fingerprint density at radius 3 is 2.44 bits per heavy atom. The number of carbonyl (C=O) groups is 2. The normalized spacial score (nSPS) is 16.0. The molecule has 0 N–H and O–H groups in total. The minimum Gasteiger partial charge on any atom is -0.497 e. The van der Waals surface area contributed by atoms with Crippen molar-refractivity contribution in [2.75, 3.05) is 51.8 Å². The molecular formula is C32H37N3O4. The topological polar surface area (TPSA) is 62.3 Å². The highest BCUT2D eigenvalue weighted by Crippen LogP contribution is 2.35. The summed E-state index contributed by atoms with van der Waals surface area (Å²) in [4.78, 5) is 32.4. The SMILES string of the molecule is COc1cccc(-c2ccc(C(CN3CCCC3)N(C)C(=O)CN3C(=O)COc4cc(C)c(C)cc43)cc2)c1. The molecule has 2 aliphatic heterocycles. The Bertz CT molecular complexity index is 1350. The van der Waals surface area contributed by atoms with Crippen LogP contribution in [0.5, 0.6) is 11.5 Å². The van der Waals surface area contributed by atoms with Gasteiger partial charge in [-0.1, -0.05) is 36.4 Å². The molecule has 1 saturated heterocycles. The molecule has 0 spiro atoms. The Morgan fingerprint density at radius 2 is 1.72 bits per heavy atom. The van der Waals surface area contributed by atoms with Crippen LogP contribution in [0.15, 0.2) is 60.7 Å². The number of hydrogen-bond acceptors (Lipinski definition) is 5. The standard InChI is InChI=1S/C32H37N3O4/c1-22-16-28-30(17-23(22)2)39-21-32(37)35(28)20-31(36)33(3)29(19-34-14-5-6-15-34)25-12-10-24(11-13-25)26-8-7-9-27(18-26)38-4/h7-13,16-18,29H,5-6,14-15,19-21H2,1-4H3. The number of aryl methyl sites for hydroxylation is 2. The molecule has 0 saturated carbocycles. The molecule has 7 nitrogen and oxygen atoms in total. The Balaban J connectivity index is 1.39. The average Bonchev–Trinajstić information content (AvgIpc) is 3.47. The molecule has 2 amide bonds. The molecule has 0 aromatic heterocycles. The minimum absolute atomic E-state index is 0.0212. The first kappa shape index (κ1) is 26.8. The number of likely N-dealkylation sites (N-methyl/N-ethyl adjacent to an activating group) is 1. The third-order valence-corrected chi connectivity index (χ3v) is 8.00. The van der Waals surface area contributed by atoms with E-state index in [4.69, 9.17) is 9.47 Å². The number of methoxy groups -OCH3 is 1. The second-order valence-corrected chi connectivity index (χ2v) is 10.6. The van der Waals surface area contributed by atoms with Gasteiger partial charge in [-0.15, -0.1) is 0 Å². The second kappa shape index (κ2) is 11.5. The van der Waals surface area contributed by atoms with Gasteiger partial charge >= 0.3 is 0 Å². The van der Waals surface area contributed by atoms with Crippen LogP contribution in [0.3, 0.4) is 0 Å². The van der Waals surface area contributed by atoms with E-state index in [-0.39, 0.29) is 31.0 Å². The van der Waals surface area contributed by atoms with Crippen LogP contribution in [0.2, 0.25) is 0 Å². The molecule has 0 bridgehead atoms. The molecule has 2 aliphatic rings. The fourth-order valence-corrected chi connectivity index (χ4v) is 5.41. The largest absolute Gasteiger partial charge is 0.497 e. The first-order chi connectivity index (χ1) is 18.8. The number of ether oxygens (including phenoxy) is 2. The number of benzene rings is 3. The predicted molar refractivity (Wildman–Crippen MR) is 153 cm³/mol. The fraction of sp³-hybridized carbons (Fsp3) is 0.375. The number of nitrogens with zero attached hydrogens (tertiary/aromatic N) is 3. The minimum atomic E-state index is -0.203. The summed E-state index contributed by atoms with van der Waals surface area (Å²) in [5, 5.41) is 0. The van der Waals surface area contributed by atoms with Crippen LogP contribution in [0.4, 0.5) is 5.69 Å². The Morgan fingerprint density at radius 1 is 1.00 bits per heavy atom. The van der Waals surface area contributed by atoms with Crippen molar-refractivity contribution in [2.45, 2.75) is 32.7 Å². The van der Waals surface area contributed by atoms with E-state index >= 15 is 0 Å². The Labute approximate surface area is 230 Å². The van der Waals surface area contributed by atoms with Gasteiger partial charge < -0.3 is 19.3 Å². The van der Waals surface area contributed by atoms with Gasteiger partial charge in [0.05, 0.1) is 18.8 Å². The summed E-state index contributed by atoms with van der Waals surface area (Å²) < 4.78 is 11.1. The summed E-state index contributed by atoms with van der Waals surface area (Å²) >= 11 is 0. The van der Waals surface area contributed by atoms with Crippen LogP contribution in [-0.4, -0.2) is 68.6 Å². The van der Waals surface area contributed by atoms with Crippen LogP contribution in [0, 0.1) is 13.8 Å². The van der Waals surface area contributed by atoms with Gasteiger partial charge in [-0.3, -0.25) is 14.5 Å². The lowest BCUT2D eigenvalue weighted by Crippen LogP contribution is -2.47. The Kier molecular flexibility index (Phi) is 7.89. The van der Waals surface area contributed by atoms with Crippen molar-refractivity contribution in [2.24, 2.45) is 0 Å². The molecule has 2 heterocycles. The molecule has 5 rings (SSSR count). The number of likely N-dealkylation sites (tertiary alicyclic amines) is 1. The number of rotatable bonds is 8. The van der Waals surface area contributed by atoms with Gasteiger partial charge in [-0.25, -0.2) is 0 Å². The van der Waals surface area contributed by atoms with Gasteiger partial charge in [-0.2, -0.15) is 0 Å². The van der Waals surface area contributed by atoms with Gasteiger partial charge in [-0.05, 0) is 91.9 Å². The lowest BCUT2D eigenvalue weighted by molar-refractivity contribution is -0.133. The van der Waals surface area contributed by atoms with Gasteiger partial charge in [0.2, 0.25) is 5.91 Å². The van der Waals surface area contributed by atoms with Crippen molar-refractivity contribution in [3.8, 4) is 22.6 Å². The molecule has 7 heteroatoms. The molecule has 39 heavy (non-hydrogen) atoms. The van der Waals surface area contributed by atoms with Crippen LogP contribution < -0.4 is 14.4 Å². The highest BCUT2D eigenvalue weighted by Gasteiger charge is 2.32. The van der Waals surface area contributed by atoms with Crippen LogP contribution in [-0.2, 0) is 9.59 Å². The van der Waals surface area contributed by atoms with Crippen LogP contribution in [0.1, 0.15) is 35.6 Å². The maximum Gasteiger partial charge on any atom is 0.265 e. The number of amides is 2. The first-order valence-corrected chi connectivity index (χ1v) is 13.6. The average molecular weight is 528 g/mol. The third-order valence-electron chi connectivity index (χ3n) is 8.00. The maximum atomic E-state index is 13.7. The number of carbonyl (C=O) groups excluding carboxylic acids is 2. The van der Waals surface area contributed by atoms with Crippen molar-refractivity contribution in [1.82, 2.24) is 9.80 Å². The van der Waals surface area contributed by atoms with E-state index in [1.54, 1.807) is 12.0 Å². The van der Waals surface area contributed by atoms with Crippen LogP contribution in [0.25, 0.3) is 11.1 Å². The predicted octanol–water partition coefficient (Wildman–Crippen LogP) is 5.00. The van der Waals surface area contributed by atoms with E-state index in [0.29, 0.717) is 11.4 Å². The molecule has 1 atom stereocenters. The monoisotopic (exact) mass is 527 g/mol. The van der Waals surface area contributed by atoms with E-state index in [0.717, 1.165) is 53.2 Å². The first-order valence-electron chi connectivity index (χ1n) is 13.6. The van der Waals surface area contributed by atoms with E-state index in [1.807, 2.05) is 56.1 Å². The molecule has 204 valence electrons. The lowest BCUT2D eigenvalue weighted by atomic mass is 9.99. The van der Waals surface area contributed by atoms with Gasteiger partial charge in [0, 0.05) is 13.6 Å². The van der Waals surface area contributed by atoms with Gasteiger partial charge in [0.1, 0.15) is 18.0 Å². The number of hydrogen-bond donors (Lipinski definition) is 0. The van der Waals surface area contributed by atoms with Crippen molar-refractivity contribution < 1.29 is 19.1 Å². The van der Waals surface area contributed by atoms with E-state index in [1.165, 1.54) is 12.8 Å². The summed E-state index contributed by atoms with van der Waals surface area (Å²) in [6.07, 6.45) is 2.36. The quantitative estimate of drug-likeness (QED) is 0.413. The zero-order valence-electron chi connectivity index (χ0n) is 23.3. The summed E-state index contributed by atoms with van der Waals surface area (Å²) in [7, 11) is 3.52. The summed E-state index contributed by atoms with van der Waals surface area (Å²) in [6, 6.07) is 20.2. The van der Waals surface area contributed by atoms with Crippen LogP contribution >= 0.6 is 0 Å². The van der Waals surface area contributed by atoms with Gasteiger partial charge in [0.25, 0.3) is 5.91 Å². The van der Waals surface area contributed by atoms with Gasteiger partial charge in [0.15, 0.2) is 6.61 Å². The number of anilines is 1. The Hall–Kier alpha value is -3.84.